The molecule has 0 aromatic carbocycles. The van der Waals surface area contributed by atoms with Crippen LogP contribution in [0.5, 0.6) is 0 Å². The Morgan fingerprint density at radius 2 is 1.71 bits per heavy atom. The van der Waals surface area contributed by atoms with E-state index >= 15 is 0 Å². The van der Waals surface area contributed by atoms with E-state index in [0.717, 1.165) is 38.4 Å². The molecular weight excluding hydrogens is 212 g/mol. The molecule has 1 saturated heterocycles. The quantitative estimate of drug-likeness (QED) is 0.769. The minimum atomic E-state index is -0.464. The van der Waals surface area contributed by atoms with E-state index in [1.165, 1.54) is 19.4 Å². The van der Waals surface area contributed by atoms with Gasteiger partial charge < -0.3 is 14.9 Å². The zero-order valence-corrected chi connectivity index (χ0v) is 12.1. The van der Waals surface area contributed by atoms with Gasteiger partial charge in [-0.15, -0.1) is 0 Å². The predicted molar refractivity (Wildman–Crippen MR) is 73.2 cm³/mol. The number of likely N-dealkylation sites (tertiary alicyclic amines) is 1. The summed E-state index contributed by atoms with van der Waals surface area (Å²) in [6, 6.07) is 0. The molecule has 0 amide bonds. The van der Waals surface area contributed by atoms with Crippen molar-refractivity contribution >= 4 is 0 Å². The molecule has 1 aliphatic rings. The first-order chi connectivity index (χ1) is 7.99. The van der Waals surface area contributed by atoms with Crippen LogP contribution in [0.15, 0.2) is 0 Å². The van der Waals surface area contributed by atoms with Crippen molar-refractivity contribution in [2.45, 2.75) is 45.1 Å². The highest BCUT2D eigenvalue weighted by Gasteiger charge is 2.28. The van der Waals surface area contributed by atoms with Gasteiger partial charge in [-0.3, -0.25) is 0 Å². The highest BCUT2D eigenvalue weighted by Crippen LogP contribution is 2.22. The maximum atomic E-state index is 10.3. The second-order valence-electron chi connectivity index (χ2n) is 5.91. The average molecular weight is 242 g/mol. The maximum Gasteiger partial charge on any atom is 0.0768 e. The Bertz CT molecular complexity index is 206. The summed E-state index contributed by atoms with van der Waals surface area (Å²) < 4.78 is 0. The van der Waals surface area contributed by atoms with Crippen molar-refractivity contribution in [1.29, 1.82) is 0 Å². The Hall–Kier alpha value is -0.120. The molecule has 17 heavy (non-hydrogen) atoms. The molecule has 0 atom stereocenters. The lowest BCUT2D eigenvalue weighted by molar-refractivity contribution is -0.0124. The molecule has 1 heterocycles. The second-order valence-corrected chi connectivity index (χ2v) is 5.91. The van der Waals surface area contributed by atoms with E-state index in [1.807, 2.05) is 0 Å². The topological polar surface area (TPSA) is 26.7 Å². The standard InChI is InChI=1S/C14H30N2O/c1-5-14(17,6-2)12-16-9-7-13(8-10-16)11-15(3)4/h13,17H,5-12H2,1-4H3. The number of β-amino-alcohol motifs (C(OH)–C–C–N with tert-alkyl or cyclic N) is 1. The molecule has 0 aliphatic carbocycles. The number of nitrogens with zero attached hydrogens (tertiary/aromatic N) is 2. The van der Waals surface area contributed by atoms with Crippen LogP contribution >= 0.6 is 0 Å². The maximum absolute atomic E-state index is 10.3. The summed E-state index contributed by atoms with van der Waals surface area (Å²) in [7, 11) is 4.30. The van der Waals surface area contributed by atoms with Crippen LogP contribution in [-0.2, 0) is 0 Å². The fourth-order valence-electron chi connectivity index (χ4n) is 2.73. The van der Waals surface area contributed by atoms with E-state index in [4.69, 9.17) is 0 Å². The van der Waals surface area contributed by atoms with Crippen LogP contribution in [0.25, 0.3) is 0 Å². The highest BCUT2D eigenvalue weighted by atomic mass is 16.3. The largest absolute Gasteiger partial charge is 0.389 e. The van der Waals surface area contributed by atoms with E-state index in [2.05, 4.69) is 37.7 Å². The molecule has 0 unspecified atom stereocenters. The predicted octanol–water partition coefficient (Wildman–Crippen LogP) is 1.81. The fourth-order valence-corrected chi connectivity index (χ4v) is 2.73. The Morgan fingerprint density at radius 1 is 1.18 bits per heavy atom. The molecule has 3 heteroatoms. The van der Waals surface area contributed by atoms with Gasteiger partial charge in [-0.1, -0.05) is 13.8 Å². The molecule has 1 rings (SSSR count). The Kier molecular flexibility index (Phi) is 5.90. The lowest BCUT2D eigenvalue weighted by Crippen LogP contribution is -2.46. The van der Waals surface area contributed by atoms with Crippen LogP contribution in [0.1, 0.15) is 39.5 Å². The summed E-state index contributed by atoms with van der Waals surface area (Å²) >= 11 is 0. The third kappa shape index (κ3) is 4.94. The van der Waals surface area contributed by atoms with Crippen molar-refractivity contribution in [2.24, 2.45) is 5.92 Å². The molecule has 0 aromatic rings. The van der Waals surface area contributed by atoms with Gasteiger partial charge in [0.1, 0.15) is 0 Å². The first-order valence-corrected chi connectivity index (χ1v) is 7.08. The third-order valence-electron chi connectivity index (χ3n) is 4.16. The number of piperidine rings is 1. The molecule has 1 aliphatic heterocycles. The van der Waals surface area contributed by atoms with Gasteiger partial charge in [0.2, 0.25) is 0 Å². The molecule has 0 aromatic heterocycles. The Balaban J connectivity index is 2.32. The van der Waals surface area contributed by atoms with Crippen molar-refractivity contribution in [3.05, 3.63) is 0 Å². The summed E-state index contributed by atoms with van der Waals surface area (Å²) in [5.74, 6) is 0.845. The summed E-state index contributed by atoms with van der Waals surface area (Å²) in [4.78, 5) is 4.73. The molecule has 1 N–H and O–H groups in total. The molecule has 3 nitrogen and oxygen atoms in total. The third-order valence-corrected chi connectivity index (χ3v) is 4.16. The van der Waals surface area contributed by atoms with Crippen LogP contribution in [0.3, 0.4) is 0 Å². The minimum absolute atomic E-state index is 0.464. The second kappa shape index (κ2) is 6.72. The number of aliphatic hydroxyl groups is 1. The molecule has 102 valence electrons. The molecular formula is C14H30N2O. The number of hydrogen-bond acceptors (Lipinski definition) is 3. The van der Waals surface area contributed by atoms with Gasteiger partial charge in [-0.25, -0.2) is 0 Å². The van der Waals surface area contributed by atoms with Crippen molar-refractivity contribution in [3.8, 4) is 0 Å². The monoisotopic (exact) mass is 242 g/mol. The Morgan fingerprint density at radius 3 is 2.12 bits per heavy atom. The summed E-state index contributed by atoms with van der Waals surface area (Å²) in [6.45, 7) is 8.54. The van der Waals surface area contributed by atoms with Crippen LogP contribution in [0.2, 0.25) is 0 Å². The summed E-state index contributed by atoms with van der Waals surface area (Å²) in [5.41, 5.74) is -0.464. The van der Waals surface area contributed by atoms with Gasteiger partial charge in [-0.2, -0.15) is 0 Å². The molecule has 1 fully saturated rings. The fraction of sp³-hybridized carbons (Fsp3) is 1.00. The van der Waals surface area contributed by atoms with Crippen molar-refractivity contribution in [1.82, 2.24) is 9.80 Å². The van der Waals surface area contributed by atoms with E-state index in [9.17, 15) is 5.11 Å². The highest BCUT2D eigenvalue weighted by molar-refractivity contribution is 4.82. The molecule has 0 saturated carbocycles. The van der Waals surface area contributed by atoms with E-state index < -0.39 is 5.60 Å². The smallest absolute Gasteiger partial charge is 0.0768 e. The SMILES string of the molecule is CCC(O)(CC)CN1CCC(CN(C)C)CC1. The lowest BCUT2D eigenvalue weighted by atomic mass is 9.92. The van der Waals surface area contributed by atoms with Gasteiger partial charge in [0.05, 0.1) is 5.60 Å². The summed E-state index contributed by atoms with van der Waals surface area (Å²) in [5, 5.41) is 10.3. The minimum Gasteiger partial charge on any atom is -0.389 e. The van der Waals surface area contributed by atoms with E-state index in [-0.39, 0.29) is 0 Å². The van der Waals surface area contributed by atoms with Gasteiger partial charge >= 0.3 is 0 Å². The first-order valence-electron chi connectivity index (χ1n) is 7.08. The van der Waals surface area contributed by atoms with Crippen molar-refractivity contribution in [2.75, 3.05) is 40.3 Å². The van der Waals surface area contributed by atoms with Crippen molar-refractivity contribution < 1.29 is 5.11 Å². The Labute approximate surface area is 107 Å². The zero-order valence-electron chi connectivity index (χ0n) is 12.1. The molecule has 0 bridgehead atoms. The normalized spacial score (nSPS) is 20.1. The number of hydrogen-bond donors (Lipinski definition) is 1. The molecule has 0 spiro atoms. The van der Waals surface area contributed by atoms with Gasteiger partial charge in [0.15, 0.2) is 0 Å². The van der Waals surface area contributed by atoms with Crippen LogP contribution in [0, 0.1) is 5.92 Å². The van der Waals surface area contributed by atoms with Crippen LogP contribution in [0.4, 0.5) is 0 Å². The molecule has 0 radical (unpaired) electrons. The summed E-state index contributed by atoms with van der Waals surface area (Å²) in [6.07, 6.45) is 4.28. The van der Waals surface area contributed by atoms with Crippen LogP contribution < -0.4 is 0 Å². The van der Waals surface area contributed by atoms with E-state index in [0.29, 0.717) is 0 Å². The van der Waals surface area contributed by atoms with Crippen molar-refractivity contribution in [3.63, 3.8) is 0 Å². The van der Waals surface area contributed by atoms with Gasteiger partial charge in [0.25, 0.3) is 0 Å². The van der Waals surface area contributed by atoms with Crippen LogP contribution in [-0.4, -0.2) is 60.8 Å². The first kappa shape index (κ1) is 14.9. The van der Waals surface area contributed by atoms with E-state index in [1.54, 1.807) is 0 Å². The van der Waals surface area contributed by atoms with Gasteiger partial charge in [-0.05, 0) is 58.8 Å². The average Bonchev–Trinajstić information content (AvgIpc) is 2.31. The number of rotatable bonds is 6. The van der Waals surface area contributed by atoms with Gasteiger partial charge in [0, 0.05) is 13.1 Å². The lowest BCUT2D eigenvalue weighted by Gasteiger charge is -2.38. The zero-order chi connectivity index (χ0) is 12.9.